The Morgan fingerprint density at radius 1 is 1.29 bits per heavy atom. The van der Waals surface area contributed by atoms with Crippen LogP contribution in [-0.2, 0) is 13.6 Å². The van der Waals surface area contributed by atoms with Crippen LogP contribution >= 0.6 is 0 Å². The maximum absolute atomic E-state index is 4.14. The zero-order chi connectivity index (χ0) is 12.7. The first kappa shape index (κ1) is 14.1. The zero-order valence-electron chi connectivity index (χ0n) is 11.5. The van der Waals surface area contributed by atoms with Crippen LogP contribution in [0.15, 0.2) is 0 Å². The molecule has 0 amide bonds. The largest absolute Gasteiger partial charge is 0.309 e. The Labute approximate surface area is 104 Å². The molecule has 0 atom stereocenters. The lowest BCUT2D eigenvalue weighted by Crippen LogP contribution is -2.29. The van der Waals surface area contributed by atoms with Gasteiger partial charge in [0.2, 0.25) is 0 Å². The lowest BCUT2D eigenvalue weighted by Gasteiger charge is -2.24. The van der Waals surface area contributed by atoms with Crippen LogP contribution in [0.1, 0.15) is 52.3 Å². The standard InChI is InChI=1S/C12H25N5/c1-5-6-7-8-12(2,3)10-13-9-11-14-16-17(4)15-11/h13H,5-10H2,1-4H3. The van der Waals surface area contributed by atoms with Crippen LogP contribution in [0.5, 0.6) is 0 Å². The summed E-state index contributed by atoms with van der Waals surface area (Å²) in [6.07, 6.45) is 5.19. The second-order valence-corrected chi connectivity index (χ2v) is 5.42. The molecular weight excluding hydrogens is 214 g/mol. The van der Waals surface area contributed by atoms with E-state index >= 15 is 0 Å². The molecule has 0 radical (unpaired) electrons. The maximum Gasteiger partial charge on any atom is 0.188 e. The Morgan fingerprint density at radius 3 is 2.65 bits per heavy atom. The second kappa shape index (κ2) is 6.69. The number of hydrogen-bond donors (Lipinski definition) is 1. The van der Waals surface area contributed by atoms with Gasteiger partial charge in [-0.15, -0.1) is 10.2 Å². The van der Waals surface area contributed by atoms with E-state index < -0.39 is 0 Å². The van der Waals surface area contributed by atoms with Crippen molar-refractivity contribution >= 4 is 0 Å². The lowest BCUT2D eigenvalue weighted by molar-refractivity contribution is 0.300. The molecule has 0 aliphatic carbocycles. The van der Waals surface area contributed by atoms with Crippen LogP contribution in [0, 0.1) is 5.41 Å². The van der Waals surface area contributed by atoms with Gasteiger partial charge in [0.05, 0.1) is 13.6 Å². The van der Waals surface area contributed by atoms with Crippen LogP contribution in [0.25, 0.3) is 0 Å². The summed E-state index contributed by atoms with van der Waals surface area (Å²) in [5.41, 5.74) is 0.345. The van der Waals surface area contributed by atoms with Gasteiger partial charge in [-0.2, -0.15) is 4.80 Å². The lowest BCUT2D eigenvalue weighted by atomic mass is 9.87. The smallest absolute Gasteiger partial charge is 0.188 e. The number of hydrogen-bond acceptors (Lipinski definition) is 4. The van der Waals surface area contributed by atoms with Crippen molar-refractivity contribution in [1.82, 2.24) is 25.5 Å². The number of nitrogens with zero attached hydrogens (tertiary/aromatic N) is 4. The van der Waals surface area contributed by atoms with E-state index in [0.29, 0.717) is 12.0 Å². The first-order valence-electron chi connectivity index (χ1n) is 6.47. The summed E-state index contributed by atoms with van der Waals surface area (Å²) in [4.78, 5) is 1.49. The molecule has 0 fully saturated rings. The van der Waals surface area contributed by atoms with Crippen LogP contribution in [0.4, 0.5) is 0 Å². The third-order valence-electron chi connectivity index (χ3n) is 2.89. The summed E-state index contributed by atoms with van der Waals surface area (Å²) >= 11 is 0. The first-order valence-corrected chi connectivity index (χ1v) is 6.47. The van der Waals surface area contributed by atoms with Gasteiger partial charge < -0.3 is 5.32 Å². The molecule has 0 bridgehead atoms. The molecule has 0 aliphatic rings. The molecule has 0 aromatic carbocycles. The van der Waals surface area contributed by atoms with Crippen LogP contribution < -0.4 is 5.32 Å². The molecule has 5 heteroatoms. The number of unbranched alkanes of at least 4 members (excludes halogenated alkanes) is 2. The molecule has 1 rings (SSSR count). The zero-order valence-corrected chi connectivity index (χ0v) is 11.5. The number of aryl methyl sites for hydroxylation is 1. The van der Waals surface area contributed by atoms with Crippen LogP contribution in [0.2, 0.25) is 0 Å². The fraction of sp³-hybridized carbons (Fsp3) is 0.917. The minimum Gasteiger partial charge on any atom is -0.309 e. The maximum atomic E-state index is 4.14. The fourth-order valence-electron chi connectivity index (χ4n) is 1.85. The van der Waals surface area contributed by atoms with Gasteiger partial charge in [0.1, 0.15) is 0 Å². The van der Waals surface area contributed by atoms with E-state index in [1.54, 1.807) is 7.05 Å². The molecule has 17 heavy (non-hydrogen) atoms. The van der Waals surface area contributed by atoms with Crippen molar-refractivity contribution in [1.29, 1.82) is 0 Å². The van der Waals surface area contributed by atoms with Gasteiger partial charge >= 0.3 is 0 Å². The molecule has 0 saturated heterocycles. The highest BCUT2D eigenvalue weighted by Crippen LogP contribution is 2.22. The van der Waals surface area contributed by atoms with Gasteiger partial charge in [0, 0.05) is 6.54 Å². The Kier molecular flexibility index (Phi) is 5.55. The van der Waals surface area contributed by atoms with Crippen molar-refractivity contribution in [2.24, 2.45) is 12.5 Å². The average molecular weight is 239 g/mol. The molecule has 0 aliphatic heterocycles. The Morgan fingerprint density at radius 2 is 2.06 bits per heavy atom. The van der Waals surface area contributed by atoms with Crippen molar-refractivity contribution in [2.45, 2.75) is 53.0 Å². The van der Waals surface area contributed by atoms with Crippen molar-refractivity contribution < 1.29 is 0 Å². The van der Waals surface area contributed by atoms with Crippen LogP contribution in [-0.4, -0.2) is 26.8 Å². The van der Waals surface area contributed by atoms with E-state index in [4.69, 9.17) is 0 Å². The average Bonchev–Trinajstić information content (AvgIpc) is 2.64. The van der Waals surface area contributed by atoms with Gasteiger partial charge in [-0.1, -0.05) is 40.0 Å². The number of rotatable bonds is 8. The first-order chi connectivity index (χ1) is 8.03. The second-order valence-electron chi connectivity index (χ2n) is 5.42. The molecule has 1 aromatic rings. The highest BCUT2D eigenvalue weighted by molar-refractivity contribution is 4.78. The number of aromatic nitrogens is 4. The molecule has 98 valence electrons. The Balaban J connectivity index is 2.20. The molecule has 1 aromatic heterocycles. The third kappa shape index (κ3) is 5.77. The van der Waals surface area contributed by atoms with Crippen molar-refractivity contribution in [2.75, 3.05) is 6.54 Å². The van der Waals surface area contributed by atoms with Crippen molar-refractivity contribution in [3.05, 3.63) is 5.82 Å². The Hall–Kier alpha value is -0.970. The summed E-state index contributed by atoms with van der Waals surface area (Å²) in [6, 6.07) is 0. The van der Waals surface area contributed by atoms with Gasteiger partial charge in [0.15, 0.2) is 5.82 Å². The summed E-state index contributed by atoms with van der Waals surface area (Å²) in [5, 5.41) is 15.3. The van der Waals surface area contributed by atoms with Gasteiger partial charge in [-0.3, -0.25) is 0 Å². The number of nitrogens with one attached hydrogen (secondary N) is 1. The molecular formula is C12H25N5. The van der Waals surface area contributed by atoms with E-state index in [1.807, 2.05) is 0 Å². The predicted molar refractivity (Wildman–Crippen MR) is 68.4 cm³/mol. The summed E-state index contributed by atoms with van der Waals surface area (Å²) in [5.74, 6) is 0.761. The molecule has 1 N–H and O–H groups in total. The van der Waals surface area contributed by atoms with Crippen LogP contribution in [0.3, 0.4) is 0 Å². The minimum absolute atomic E-state index is 0.345. The third-order valence-corrected chi connectivity index (χ3v) is 2.89. The fourth-order valence-corrected chi connectivity index (χ4v) is 1.85. The highest BCUT2D eigenvalue weighted by atomic mass is 15.6. The summed E-state index contributed by atoms with van der Waals surface area (Å²) < 4.78 is 0. The minimum atomic E-state index is 0.345. The molecule has 0 saturated carbocycles. The molecule has 5 nitrogen and oxygen atoms in total. The van der Waals surface area contributed by atoms with Gasteiger partial charge in [-0.05, 0) is 17.0 Å². The molecule has 0 unspecified atom stereocenters. The molecule has 0 spiro atoms. The quantitative estimate of drug-likeness (QED) is 0.704. The van der Waals surface area contributed by atoms with E-state index in [2.05, 4.69) is 41.5 Å². The van der Waals surface area contributed by atoms with E-state index in [-0.39, 0.29) is 0 Å². The topological polar surface area (TPSA) is 55.6 Å². The SMILES string of the molecule is CCCCCC(C)(C)CNCc1nnn(C)n1. The monoisotopic (exact) mass is 239 g/mol. The van der Waals surface area contributed by atoms with E-state index in [1.165, 1.54) is 30.5 Å². The Bertz CT molecular complexity index is 318. The number of tetrazole rings is 1. The highest BCUT2D eigenvalue weighted by Gasteiger charge is 2.16. The van der Waals surface area contributed by atoms with E-state index in [9.17, 15) is 0 Å². The normalized spacial score (nSPS) is 12.0. The predicted octanol–water partition coefficient (Wildman–Crippen LogP) is 1.91. The van der Waals surface area contributed by atoms with Crippen molar-refractivity contribution in [3.63, 3.8) is 0 Å². The summed E-state index contributed by atoms with van der Waals surface area (Å²) in [7, 11) is 1.78. The summed E-state index contributed by atoms with van der Waals surface area (Å²) in [6.45, 7) is 8.55. The molecule has 1 heterocycles. The van der Waals surface area contributed by atoms with Gasteiger partial charge in [0.25, 0.3) is 0 Å². The van der Waals surface area contributed by atoms with E-state index in [0.717, 1.165) is 12.4 Å². The van der Waals surface area contributed by atoms with Crippen molar-refractivity contribution in [3.8, 4) is 0 Å². The van der Waals surface area contributed by atoms with Gasteiger partial charge in [-0.25, -0.2) is 0 Å².